The molecule has 0 aliphatic carbocycles. The van der Waals surface area contributed by atoms with Crippen molar-refractivity contribution in [3.63, 3.8) is 0 Å². The second-order valence-corrected chi connectivity index (χ2v) is 6.14. The molecule has 1 aromatic carbocycles. The van der Waals surface area contributed by atoms with Gasteiger partial charge in [-0.2, -0.15) is 0 Å². The molecule has 0 spiro atoms. The van der Waals surface area contributed by atoms with Gasteiger partial charge in [-0.25, -0.2) is 8.94 Å². The minimum atomic E-state index is -0.0377. The predicted molar refractivity (Wildman–Crippen MR) is 93.9 cm³/mol. The Morgan fingerprint density at radius 1 is 1.26 bits per heavy atom. The molecule has 23 heavy (non-hydrogen) atoms. The zero-order valence-corrected chi connectivity index (χ0v) is 13.8. The summed E-state index contributed by atoms with van der Waals surface area (Å²) in [5, 5.41) is 3.77. The number of hydrogen-bond donors (Lipinski definition) is 1. The third kappa shape index (κ3) is 3.60. The van der Waals surface area contributed by atoms with Crippen LogP contribution in [0.3, 0.4) is 0 Å². The van der Waals surface area contributed by atoms with Crippen molar-refractivity contribution in [1.82, 2.24) is 14.3 Å². The van der Waals surface area contributed by atoms with E-state index in [9.17, 15) is 4.79 Å². The fourth-order valence-corrected chi connectivity index (χ4v) is 3.26. The molecule has 120 valence electrons. The Balaban J connectivity index is 1.78. The summed E-state index contributed by atoms with van der Waals surface area (Å²) in [4.78, 5) is 17.5. The van der Waals surface area contributed by atoms with Gasteiger partial charge in [-0.3, -0.25) is 4.79 Å². The van der Waals surface area contributed by atoms with Crippen molar-refractivity contribution in [3.05, 3.63) is 52.9 Å². The second-order valence-electron chi connectivity index (χ2n) is 5.20. The molecule has 2 heterocycles. The highest BCUT2D eigenvalue weighted by atomic mass is 32.1. The monoisotopic (exact) mass is 329 g/mol. The summed E-state index contributed by atoms with van der Waals surface area (Å²) in [6, 6.07) is 11.2. The van der Waals surface area contributed by atoms with Crippen molar-refractivity contribution >= 4 is 21.7 Å². The van der Waals surface area contributed by atoms with Crippen LogP contribution in [0.15, 0.2) is 47.4 Å². The molecule has 3 aromatic rings. The summed E-state index contributed by atoms with van der Waals surface area (Å²) in [6.45, 7) is 1.67. The van der Waals surface area contributed by atoms with E-state index in [4.69, 9.17) is 4.74 Å². The van der Waals surface area contributed by atoms with Crippen LogP contribution in [0.2, 0.25) is 0 Å². The highest BCUT2D eigenvalue weighted by Gasteiger charge is 2.10. The molecular formula is C17H19N3O2S. The minimum Gasteiger partial charge on any atom is -0.494 e. The zero-order valence-electron chi connectivity index (χ0n) is 13.0. The van der Waals surface area contributed by atoms with Gasteiger partial charge in [0.1, 0.15) is 10.6 Å². The Morgan fingerprint density at radius 2 is 2.17 bits per heavy atom. The molecule has 2 aromatic heterocycles. The fourth-order valence-electron chi connectivity index (χ4n) is 2.33. The quantitative estimate of drug-likeness (QED) is 0.677. The lowest BCUT2D eigenvalue weighted by atomic mass is 10.3. The van der Waals surface area contributed by atoms with Gasteiger partial charge < -0.3 is 10.1 Å². The van der Waals surface area contributed by atoms with Gasteiger partial charge in [-0.05, 0) is 62.2 Å². The standard InChI is InChI=1S/C17H19N3O2S/c1-18-9-2-3-11-22-14-7-4-6-13(12-14)20-17(21)15-8-5-10-19-16(15)23-20/h4-8,10,12,18H,2-3,9,11H2,1H3. The molecule has 0 unspecified atom stereocenters. The maximum Gasteiger partial charge on any atom is 0.274 e. The van der Waals surface area contributed by atoms with Crippen LogP contribution in [-0.4, -0.2) is 29.1 Å². The molecule has 0 atom stereocenters. The van der Waals surface area contributed by atoms with Crippen LogP contribution < -0.4 is 15.6 Å². The highest BCUT2D eigenvalue weighted by molar-refractivity contribution is 7.13. The molecule has 1 N–H and O–H groups in total. The predicted octanol–water partition coefficient (Wildman–Crippen LogP) is 2.83. The molecule has 0 saturated heterocycles. The van der Waals surface area contributed by atoms with E-state index in [1.54, 1.807) is 22.3 Å². The number of ether oxygens (including phenoxy) is 1. The maximum absolute atomic E-state index is 12.5. The van der Waals surface area contributed by atoms with Crippen LogP contribution in [0.4, 0.5) is 0 Å². The van der Waals surface area contributed by atoms with Crippen molar-refractivity contribution < 1.29 is 4.74 Å². The van der Waals surface area contributed by atoms with Gasteiger partial charge in [0.15, 0.2) is 0 Å². The summed E-state index contributed by atoms with van der Waals surface area (Å²) in [5.41, 5.74) is 0.773. The Kier molecular flexibility index (Phi) is 5.05. The number of hydrogen-bond acceptors (Lipinski definition) is 5. The van der Waals surface area contributed by atoms with Crippen molar-refractivity contribution in [2.45, 2.75) is 12.8 Å². The van der Waals surface area contributed by atoms with Crippen LogP contribution in [0.5, 0.6) is 5.75 Å². The average Bonchev–Trinajstić information content (AvgIpc) is 2.92. The average molecular weight is 329 g/mol. The SMILES string of the molecule is CNCCCCOc1cccc(-n2sc3ncccc3c2=O)c1. The van der Waals surface area contributed by atoms with Crippen molar-refractivity contribution in [2.24, 2.45) is 0 Å². The first-order valence-corrected chi connectivity index (χ1v) is 8.42. The number of fused-ring (bicyclic) bond motifs is 1. The number of rotatable bonds is 7. The normalized spacial score (nSPS) is 11.0. The highest BCUT2D eigenvalue weighted by Crippen LogP contribution is 2.21. The lowest BCUT2D eigenvalue weighted by Crippen LogP contribution is -2.11. The number of unbranched alkanes of at least 4 members (excludes halogenated alkanes) is 1. The number of aromatic nitrogens is 2. The number of nitrogens with one attached hydrogen (secondary N) is 1. The van der Waals surface area contributed by atoms with E-state index in [1.165, 1.54) is 11.5 Å². The molecule has 0 radical (unpaired) electrons. The van der Waals surface area contributed by atoms with Crippen molar-refractivity contribution in [1.29, 1.82) is 0 Å². The molecule has 0 saturated carbocycles. The second kappa shape index (κ2) is 7.39. The van der Waals surface area contributed by atoms with Gasteiger partial charge in [0, 0.05) is 12.3 Å². The molecule has 5 nitrogen and oxygen atoms in total. The van der Waals surface area contributed by atoms with Crippen LogP contribution in [-0.2, 0) is 0 Å². The largest absolute Gasteiger partial charge is 0.494 e. The first-order valence-electron chi connectivity index (χ1n) is 7.64. The maximum atomic E-state index is 12.5. The van der Waals surface area contributed by atoms with Crippen LogP contribution in [0.25, 0.3) is 15.9 Å². The first-order chi connectivity index (χ1) is 11.3. The molecule has 0 aliphatic rings. The summed E-state index contributed by atoms with van der Waals surface area (Å²) >= 11 is 1.35. The van der Waals surface area contributed by atoms with Crippen molar-refractivity contribution in [3.8, 4) is 11.4 Å². The zero-order chi connectivity index (χ0) is 16.1. The van der Waals surface area contributed by atoms with E-state index in [0.717, 1.165) is 35.7 Å². The van der Waals surface area contributed by atoms with Crippen LogP contribution in [0.1, 0.15) is 12.8 Å². The van der Waals surface area contributed by atoms with E-state index in [1.807, 2.05) is 31.3 Å². The van der Waals surface area contributed by atoms with Gasteiger partial charge in [-0.1, -0.05) is 6.07 Å². The molecule has 0 amide bonds. The molecule has 0 fully saturated rings. The van der Waals surface area contributed by atoms with Crippen LogP contribution >= 0.6 is 11.5 Å². The molecule has 0 bridgehead atoms. The minimum absolute atomic E-state index is 0.0377. The molecule has 6 heteroatoms. The lowest BCUT2D eigenvalue weighted by Gasteiger charge is -2.08. The number of nitrogens with zero attached hydrogens (tertiary/aromatic N) is 2. The van der Waals surface area contributed by atoms with E-state index in [2.05, 4.69) is 10.3 Å². The topological polar surface area (TPSA) is 56.1 Å². The van der Waals surface area contributed by atoms with Gasteiger partial charge >= 0.3 is 0 Å². The summed E-state index contributed by atoms with van der Waals surface area (Å²) in [5.74, 6) is 0.782. The third-order valence-corrected chi connectivity index (χ3v) is 4.56. The molecular weight excluding hydrogens is 310 g/mol. The van der Waals surface area contributed by atoms with E-state index in [0.29, 0.717) is 12.0 Å². The third-order valence-electron chi connectivity index (χ3n) is 3.51. The lowest BCUT2D eigenvalue weighted by molar-refractivity contribution is 0.306. The van der Waals surface area contributed by atoms with Gasteiger partial charge in [0.25, 0.3) is 5.56 Å². The van der Waals surface area contributed by atoms with E-state index < -0.39 is 0 Å². The first kappa shape index (κ1) is 15.7. The summed E-state index contributed by atoms with van der Waals surface area (Å²) in [7, 11) is 1.95. The van der Waals surface area contributed by atoms with Gasteiger partial charge in [-0.15, -0.1) is 0 Å². The Labute approximate surface area is 138 Å². The smallest absolute Gasteiger partial charge is 0.274 e. The Bertz CT molecular complexity index is 841. The number of pyridine rings is 1. The van der Waals surface area contributed by atoms with E-state index in [-0.39, 0.29) is 5.56 Å². The van der Waals surface area contributed by atoms with Crippen LogP contribution in [0, 0.1) is 0 Å². The number of benzene rings is 1. The molecule has 0 aliphatic heterocycles. The Hall–Kier alpha value is -2.18. The van der Waals surface area contributed by atoms with Crippen molar-refractivity contribution in [2.75, 3.05) is 20.2 Å². The molecule has 3 rings (SSSR count). The van der Waals surface area contributed by atoms with Gasteiger partial charge in [0.2, 0.25) is 0 Å². The Morgan fingerprint density at radius 3 is 3.00 bits per heavy atom. The summed E-state index contributed by atoms with van der Waals surface area (Å²) < 4.78 is 7.43. The summed E-state index contributed by atoms with van der Waals surface area (Å²) in [6.07, 6.45) is 3.78. The van der Waals surface area contributed by atoms with E-state index >= 15 is 0 Å². The van der Waals surface area contributed by atoms with Gasteiger partial charge in [0.05, 0.1) is 17.7 Å². The fraction of sp³-hybridized carbons (Fsp3) is 0.294.